The molecular formula is C7H9ClN2O2S. The molecule has 72 valence electrons. The standard InChI is InChI=1S/C7H9ClN2O2S/c1-3-13-5-4-6(8)10(11)9-7(5)12-2/h4H,3H2,1-2H3. The molecule has 0 N–H and O–H groups in total. The quantitative estimate of drug-likeness (QED) is 0.440. The zero-order valence-corrected chi connectivity index (χ0v) is 8.85. The Bertz CT molecular complexity index is 309. The highest BCUT2D eigenvalue weighted by Crippen LogP contribution is 2.27. The minimum Gasteiger partial charge on any atom is -0.593 e. The largest absolute Gasteiger partial charge is 0.593 e. The number of hydrogen-bond acceptors (Lipinski definition) is 4. The van der Waals surface area contributed by atoms with Crippen LogP contribution in [0.5, 0.6) is 5.88 Å². The van der Waals surface area contributed by atoms with Crippen molar-refractivity contribution in [1.29, 1.82) is 0 Å². The van der Waals surface area contributed by atoms with Crippen molar-refractivity contribution in [3.05, 3.63) is 16.4 Å². The first-order valence-electron chi connectivity index (χ1n) is 3.66. The fraction of sp³-hybridized carbons (Fsp3) is 0.429. The number of aromatic nitrogens is 2. The van der Waals surface area contributed by atoms with Crippen LogP contribution in [0.2, 0.25) is 5.15 Å². The van der Waals surface area contributed by atoms with Gasteiger partial charge in [0.2, 0.25) is 0 Å². The Balaban J connectivity index is 3.09. The molecule has 0 fully saturated rings. The number of halogens is 1. The fourth-order valence-electron chi connectivity index (χ4n) is 0.805. The first-order chi connectivity index (χ1) is 6.19. The van der Waals surface area contributed by atoms with Gasteiger partial charge in [0.1, 0.15) is 0 Å². The van der Waals surface area contributed by atoms with Gasteiger partial charge in [0.05, 0.1) is 17.1 Å². The molecule has 0 radical (unpaired) electrons. The topological polar surface area (TPSA) is 49.1 Å². The minimum absolute atomic E-state index is 0.0525. The third-order valence-electron chi connectivity index (χ3n) is 1.32. The second-order valence-electron chi connectivity index (χ2n) is 2.15. The van der Waals surface area contributed by atoms with E-state index in [2.05, 4.69) is 5.10 Å². The van der Waals surface area contributed by atoms with E-state index in [1.165, 1.54) is 18.9 Å². The molecule has 4 nitrogen and oxygen atoms in total. The highest BCUT2D eigenvalue weighted by atomic mass is 35.5. The number of thioether (sulfide) groups is 1. The summed E-state index contributed by atoms with van der Waals surface area (Å²) in [4.78, 5) is 1.11. The lowest BCUT2D eigenvalue weighted by Crippen LogP contribution is -2.32. The second-order valence-corrected chi connectivity index (χ2v) is 3.84. The monoisotopic (exact) mass is 220 g/mol. The van der Waals surface area contributed by atoms with Gasteiger partial charge in [-0.25, -0.2) is 0 Å². The lowest BCUT2D eigenvalue weighted by atomic mass is 10.5. The van der Waals surface area contributed by atoms with Gasteiger partial charge in [-0.3, -0.25) is 0 Å². The molecule has 0 aromatic carbocycles. The lowest BCUT2D eigenvalue weighted by molar-refractivity contribution is -0.668. The summed E-state index contributed by atoms with van der Waals surface area (Å²) in [6, 6.07) is 1.55. The Labute approximate surface area is 85.4 Å². The summed E-state index contributed by atoms with van der Waals surface area (Å²) in [5, 5.41) is 14.6. The predicted molar refractivity (Wildman–Crippen MR) is 51.2 cm³/mol. The zero-order chi connectivity index (χ0) is 9.84. The Kier molecular flexibility index (Phi) is 3.62. The van der Waals surface area contributed by atoms with Crippen LogP contribution in [-0.4, -0.2) is 18.0 Å². The molecule has 0 aliphatic heterocycles. The van der Waals surface area contributed by atoms with Crippen LogP contribution in [0.15, 0.2) is 11.0 Å². The van der Waals surface area contributed by atoms with Crippen LogP contribution in [0.25, 0.3) is 0 Å². The second kappa shape index (κ2) is 4.53. The third-order valence-corrected chi connectivity index (χ3v) is 2.46. The maximum Gasteiger partial charge on any atom is 0.314 e. The van der Waals surface area contributed by atoms with Crippen LogP contribution in [0, 0.1) is 5.21 Å². The number of nitrogens with zero attached hydrogens (tertiary/aromatic N) is 2. The van der Waals surface area contributed by atoms with E-state index < -0.39 is 0 Å². The van der Waals surface area contributed by atoms with E-state index in [9.17, 15) is 5.21 Å². The van der Waals surface area contributed by atoms with Gasteiger partial charge in [-0.1, -0.05) is 6.92 Å². The predicted octanol–water partition coefficient (Wildman–Crippen LogP) is 1.49. The maximum absolute atomic E-state index is 10.9. The van der Waals surface area contributed by atoms with Gasteiger partial charge < -0.3 is 9.94 Å². The zero-order valence-electron chi connectivity index (χ0n) is 7.28. The van der Waals surface area contributed by atoms with Gasteiger partial charge in [0.15, 0.2) is 0 Å². The molecule has 1 heterocycles. The highest BCUT2D eigenvalue weighted by molar-refractivity contribution is 7.99. The summed E-state index contributed by atoms with van der Waals surface area (Å²) >= 11 is 7.12. The van der Waals surface area contributed by atoms with E-state index in [1.807, 2.05) is 6.92 Å². The summed E-state index contributed by atoms with van der Waals surface area (Å²) < 4.78 is 4.92. The van der Waals surface area contributed by atoms with Crippen molar-refractivity contribution in [2.75, 3.05) is 12.9 Å². The minimum atomic E-state index is 0.0525. The summed E-state index contributed by atoms with van der Waals surface area (Å²) in [5.74, 6) is 1.18. The Morgan fingerprint density at radius 1 is 1.77 bits per heavy atom. The Hall–Kier alpha value is -0.680. The molecule has 13 heavy (non-hydrogen) atoms. The van der Waals surface area contributed by atoms with Crippen molar-refractivity contribution >= 4 is 23.4 Å². The molecule has 0 aliphatic carbocycles. The van der Waals surface area contributed by atoms with Crippen molar-refractivity contribution in [2.24, 2.45) is 0 Å². The number of hydrogen-bond donors (Lipinski definition) is 0. The van der Waals surface area contributed by atoms with Gasteiger partial charge >= 0.3 is 5.15 Å². The number of ether oxygens (including phenoxy) is 1. The van der Waals surface area contributed by atoms with Crippen LogP contribution in [-0.2, 0) is 0 Å². The summed E-state index contributed by atoms with van der Waals surface area (Å²) in [7, 11) is 1.47. The number of rotatable bonds is 3. The van der Waals surface area contributed by atoms with Crippen LogP contribution in [0.1, 0.15) is 6.92 Å². The molecule has 1 aromatic rings. The first-order valence-corrected chi connectivity index (χ1v) is 5.02. The molecule has 0 saturated carbocycles. The molecule has 1 rings (SSSR count). The Morgan fingerprint density at radius 2 is 2.46 bits per heavy atom. The molecular weight excluding hydrogens is 212 g/mol. The van der Waals surface area contributed by atoms with E-state index >= 15 is 0 Å². The van der Waals surface area contributed by atoms with E-state index in [0.29, 0.717) is 10.7 Å². The summed E-state index contributed by atoms with van der Waals surface area (Å²) in [5.41, 5.74) is 0. The molecule has 0 bridgehead atoms. The molecule has 1 aromatic heterocycles. The van der Waals surface area contributed by atoms with Crippen LogP contribution in [0.3, 0.4) is 0 Å². The van der Waals surface area contributed by atoms with Crippen LogP contribution in [0.4, 0.5) is 0 Å². The van der Waals surface area contributed by atoms with Crippen molar-refractivity contribution in [2.45, 2.75) is 11.8 Å². The van der Waals surface area contributed by atoms with E-state index in [4.69, 9.17) is 16.3 Å². The van der Waals surface area contributed by atoms with Crippen molar-refractivity contribution in [1.82, 2.24) is 5.10 Å². The normalized spacial score (nSPS) is 10.1. The van der Waals surface area contributed by atoms with Crippen molar-refractivity contribution < 1.29 is 9.58 Å². The van der Waals surface area contributed by atoms with Crippen molar-refractivity contribution in [3.63, 3.8) is 0 Å². The average molecular weight is 221 g/mol. The van der Waals surface area contributed by atoms with Gasteiger partial charge in [0, 0.05) is 6.07 Å². The van der Waals surface area contributed by atoms with Crippen molar-refractivity contribution in [3.8, 4) is 5.88 Å². The van der Waals surface area contributed by atoms with E-state index in [0.717, 1.165) is 10.6 Å². The van der Waals surface area contributed by atoms with Gasteiger partial charge in [0.25, 0.3) is 5.88 Å². The third kappa shape index (κ3) is 2.38. The molecule has 0 atom stereocenters. The molecule has 0 unspecified atom stereocenters. The van der Waals surface area contributed by atoms with E-state index in [-0.39, 0.29) is 5.15 Å². The molecule has 0 saturated heterocycles. The molecule has 0 spiro atoms. The molecule has 0 aliphatic rings. The highest BCUT2D eigenvalue weighted by Gasteiger charge is 2.13. The van der Waals surface area contributed by atoms with Gasteiger partial charge in [-0.05, 0) is 22.2 Å². The lowest BCUT2D eigenvalue weighted by Gasteiger charge is -2.04. The Morgan fingerprint density at radius 3 is 3.00 bits per heavy atom. The number of methoxy groups -OCH3 is 1. The SMILES string of the molecule is CCSc1cc(Cl)[n+]([O-])nc1OC. The maximum atomic E-state index is 10.9. The molecule has 6 heteroatoms. The smallest absolute Gasteiger partial charge is 0.314 e. The van der Waals surface area contributed by atoms with Crippen LogP contribution >= 0.6 is 23.4 Å². The van der Waals surface area contributed by atoms with Gasteiger partial charge in [-0.15, -0.1) is 11.8 Å². The van der Waals surface area contributed by atoms with E-state index in [1.54, 1.807) is 6.07 Å². The molecule has 0 amide bonds. The van der Waals surface area contributed by atoms with Gasteiger partial charge in [-0.2, -0.15) is 0 Å². The fourth-order valence-corrected chi connectivity index (χ4v) is 1.77. The van der Waals surface area contributed by atoms with Crippen LogP contribution < -0.4 is 9.58 Å². The first kappa shape index (κ1) is 10.4. The average Bonchev–Trinajstić information content (AvgIpc) is 2.11. The summed E-state index contributed by atoms with van der Waals surface area (Å²) in [6.45, 7) is 2.00. The summed E-state index contributed by atoms with van der Waals surface area (Å²) in [6.07, 6.45) is 0.